The fraction of sp³-hybridized carbons (Fsp3) is 0.312. The quantitative estimate of drug-likeness (QED) is 0.655. The van der Waals surface area contributed by atoms with Gasteiger partial charge in [-0.3, -0.25) is 14.3 Å². The molecule has 0 spiro atoms. The molecule has 1 aromatic heterocycles. The lowest BCUT2D eigenvalue weighted by molar-refractivity contribution is -0.138. The van der Waals surface area contributed by atoms with E-state index in [2.05, 4.69) is 10.4 Å². The number of aryl methyl sites for hydroxylation is 1. The van der Waals surface area contributed by atoms with Crippen LogP contribution in [0.1, 0.15) is 22.8 Å². The van der Waals surface area contributed by atoms with Crippen LogP contribution in [0.3, 0.4) is 0 Å². The number of nitrogens with zero attached hydrogens (tertiary/aromatic N) is 2. The molecule has 2 aromatic rings. The van der Waals surface area contributed by atoms with E-state index >= 15 is 0 Å². The van der Waals surface area contributed by atoms with Crippen molar-refractivity contribution in [1.29, 1.82) is 0 Å². The standard InChI is InChI=1S/C16H16F4N4O3/c1-2-24-13(11(6-23-24)16(18,19)20)8-3-9(5-10(17)4-8)14(25)22-7-12(21)15(26)27/h3-6,12H,2,7,21H2,1H3,(H,22,25)(H,26,27)/t12-/m1/s1. The normalized spacial score (nSPS) is 12.7. The monoisotopic (exact) mass is 388 g/mol. The molecule has 2 rings (SSSR count). The van der Waals surface area contributed by atoms with E-state index < -0.39 is 42.0 Å². The predicted octanol–water partition coefficient (Wildman–Crippen LogP) is 1.87. The maximum Gasteiger partial charge on any atom is 0.420 e. The van der Waals surface area contributed by atoms with Gasteiger partial charge in [0.1, 0.15) is 17.4 Å². The Balaban J connectivity index is 2.43. The van der Waals surface area contributed by atoms with Gasteiger partial charge in [-0.2, -0.15) is 18.3 Å². The van der Waals surface area contributed by atoms with Gasteiger partial charge in [-0.1, -0.05) is 0 Å². The molecule has 0 aliphatic carbocycles. The van der Waals surface area contributed by atoms with Crippen LogP contribution in [0.2, 0.25) is 0 Å². The predicted molar refractivity (Wildman–Crippen MR) is 86.2 cm³/mol. The highest BCUT2D eigenvalue weighted by atomic mass is 19.4. The SMILES string of the molecule is CCn1ncc(C(F)(F)F)c1-c1cc(F)cc(C(=O)NC[C@@H](N)C(=O)O)c1. The molecule has 0 radical (unpaired) electrons. The van der Waals surface area contributed by atoms with Crippen LogP contribution < -0.4 is 11.1 Å². The average Bonchev–Trinajstić information content (AvgIpc) is 3.03. The second-order valence-corrected chi connectivity index (χ2v) is 5.60. The Morgan fingerprint density at radius 3 is 2.56 bits per heavy atom. The minimum absolute atomic E-state index is 0.0942. The van der Waals surface area contributed by atoms with E-state index in [4.69, 9.17) is 10.8 Å². The molecule has 4 N–H and O–H groups in total. The van der Waals surface area contributed by atoms with Crippen LogP contribution in [-0.4, -0.2) is 39.4 Å². The fourth-order valence-electron chi connectivity index (χ4n) is 2.39. The number of rotatable bonds is 6. The van der Waals surface area contributed by atoms with E-state index in [-0.39, 0.29) is 23.4 Å². The molecule has 7 nitrogen and oxygen atoms in total. The van der Waals surface area contributed by atoms with Gasteiger partial charge in [-0.15, -0.1) is 0 Å². The van der Waals surface area contributed by atoms with Gasteiger partial charge in [0.15, 0.2) is 0 Å². The van der Waals surface area contributed by atoms with Crippen LogP contribution in [0.25, 0.3) is 11.3 Å². The summed E-state index contributed by atoms with van der Waals surface area (Å²) in [6, 6.07) is 1.38. The van der Waals surface area contributed by atoms with Crippen LogP contribution >= 0.6 is 0 Å². The van der Waals surface area contributed by atoms with Crippen molar-refractivity contribution >= 4 is 11.9 Å². The Hall–Kier alpha value is -2.95. The smallest absolute Gasteiger partial charge is 0.420 e. The Labute approximate surface area is 150 Å². The molecule has 1 amide bonds. The Bertz CT molecular complexity index is 864. The van der Waals surface area contributed by atoms with Crippen molar-refractivity contribution in [3.05, 3.63) is 41.3 Å². The molecule has 0 saturated carbocycles. The molecule has 27 heavy (non-hydrogen) atoms. The first-order valence-electron chi connectivity index (χ1n) is 7.75. The Morgan fingerprint density at radius 2 is 2.00 bits per heavy atom. The summed E-state index contributed by atoms with van der Waals surface area (Å²) in [5.74, 6) is -3.15. The number of carbonyl (C=O) groups excluding carboxylic acids is 1. The Morgan fingerprint density at radius 1 is 1.33 bits per heavy atom. The topological polar surface area (TPSA) is 110 Å². The molecule has 0 unspecified atom stereocenters. The summed E-state index contributed by atoms with van der Waals surface area (Å²) in [6.07, 6.45) is -4.08. The van der Waals surface area contributed by atoms with E-state index in [9.17, 15) is 27.2 Å². The third-order valence-corrected chi connectivity index (χ3v) is 3.68. The molecule has 146 valence electrons. The molecule has 1 atom stereocenters. The maximum absolute atomic E-state index is 14.0. The Kier molecular flexibility index (Phi) is 5.84. The van der Waals surface area contributed by atoms with Gasteiger partial charge < -0.3 is 16.2 Å². The molecule has 1 heterocycles. The number of aliphatic carboxylic acids is 1. The zero-order valence-corrected chi connectivity index (χ0v) is 14.0. The number of halogens is 4. The van der Waals surface area contributed by atoms with Crippen molar-refractivity contribution in [2.45, 2.75) is 25.7 Å². The van der Waals surface area contributed by atoms with Crippen molar-refractivity contribution in [1.82, 2.24) is 15.1 Å². The lowest BCUT2D eigenvalue weighted by Crippen LogP contribution is -2.42. The number of hydrogen-bond donors (Lipinski definition) is 3. The van der Waals surface area contributed by atoms with Gasteiger partial charge in [-0.25, -0.2) is 4.39 Å². The molecular weight excluding hydrogens is 372 g/mol. The third-order valence-electron chi connectivity index (χ3n) is 3.68. The number of nitrogens with two attached hydrogens (primary N) is 1. The van der Waals surface area contributed by atoms with Crippen LogP contribution in [0.5, 0.6) is 0 Å². The summed E-state index contributed by atoms with van der Waals surface area (Å²) in [5.41, 5.74) is 3.36. The molecule has 0 bridgehead atoms. The minimum Gasteiger partial charge on any atom is -0.480 e. The summed E-state index contributed by atoms with van der Waals surface area (Å²) in [7, 11) is 0. The number of nitrogens with one attached hydrogen (secondary N) is 1. The van der Waals surface area contributed by atoms with Gasteiger partial charge in [-0.05, 0) is 25.1 Å². The van der Waals surface area contributed by atoms with E-state index in [1.165, 1.54) is 0 Å². The molecule has 0 aliphatic rings. The second-order valence-electron chi connectivity index (χ2n) is 5.60. The van der Waals surface area contributed by atoms with Gasteiger partial charge in [0.05, 0.1) is 11.9 Å². The first kappa shape index (κ1) is 20.4. The number of carboxylic acids is 1. The number of benzene rings is 1. The zero-order chi connectivity index (χ0) is 20.4. The number of carbonyl (C=O) groups is 2. The highest BCUT2D eigenvalue weighted by Gasteiger charge is 2.36. The van der Waals surface area contributed by atoms with Crippen LogP contribution in [-0.2, 0) is 17.5 Å². The number of hydrogen-bond acceptors (Lipinski definition) is 4. The van der Waals surface area contributed by atoms with Gasteiger partial charge in [0.2, 0.25) is 0 Å². The summed E-state index contributed by atoms with van der Waals surface area (Å²) in [4.78, 5) is 22.8. The van der Waals surface area contributed by atoms with Gasteiger partial charge in [0, 0.05) is 24.2 Å². The summed E-state index contributed by atoms with van der Waals surface area (Å²) < 4.78 is 54.7. The maximum atomic E-state index is 14.0. The second kappa shape index (κ2) is 7.74. The average molecular weight is 388 g/mol. The van der Waals surface area contributed by atoms with Crippen LogP contribution in [0.15, 0.2) is 24.4 Å². The molecule has 0 fully saturated rings. The van der Waals surface area contributed by atoms with E-state index in [1.807, 2.05) is 0 Å². The fourth-order valence-corrected chi connectivity index (χ4v) is 2.39. The van der Waals surface area contributed by atoms with Crippen LogP contribution in [0, 0.1) is 5.82 Å². The highest BCUT2D eigenvalue weighted by Crippen LogP contribution is 2.37. The first-order chi connectivity index (χ1) is 12.5. The summed E-state index contributed by atoms with van der Waals surface area (Å²) in [6.45, 7) is 1.23. The highest BCUT2D eigenvalue weighted by molar-refractivity contribution is 5.95. The molecule has 11 heteroatoms. The van der Waals surface area contributed by atoms with Crippen molar-refractivity contribution in [2.24, 2.45) is 5.73 Å². The zero-order valence-electron chi connectivity index (χ0n) is 14.0. The lowest BCUT2D eigenvalue weighted by atomic mass is 10.0. The van der Waals surface area contributed by atoms with Crippen molar-refractivity contribution in [2.75, 3.05) is 6.54 Å². The summed E-state index contributed by atoms with van der Waals surface area (Å²) >= 11 is 0. The van der Waals surface area contributed by atoms with Gasteiger partial charge in [0.25, 0.3) is 5.91 Å². The lowest BCUT2D eigenvalue weighted by Gasteiger charge is -2.13. The first-order valence-corrected chi connectivity index (χ1v) is 7.75. The number of alkyl halides is 3. The van der Waals surface area contributed by atoms with E-state index in [1.54, 1.807) is 6.92 Å². The molecular formula is C16H16F4N4O3. The van der Waals surface area contributed by atoms with E-state index in [0.29, 0.717) is 6.20 Å². The van der Waals surface area contributed by atoms with Crippen LogP contribution in [0.4, 0.5) is 17.6 Å². The van der Waals surface area contributed by atoms with Crippen molar-refractivity contribution in [3.8, 4) is 11.3 Å². The van der Waals surface area contributed by atoms with E-state index in [0.717, 1.165) is 22.9 Å². The molecule has 0 aliphatic heterocycles. The molecule has 1 aromatic carbocycles. The minimum atomic E-state index is -4.72. The number of carboxylic acid groups (broad SMARTS) is 1. The van der Waals surface area contributed by atoms with Gasteiger partial charge >= 0.3 is 12.1 Å². The number of aromatic nitrogens is 2. The third kappa shape index (κ3) is 4.61. The summed E-state index contributed by atoms with van der Waals surface area (Å²) in [5, 5.41) is 14.5. The number of amides is 1. The van der Waals surface area contributed by atoms with Crippen molar-refractivity contribution < 1.29 is 32.3 Å². The van der Waals surface area contributed by atoms with Crippen molar-refractivity contribution in [3.63, 3.8) is 0 Å². The largest absolute Gasteiger partial charge is 0.480 e. The molecule has 0 saturated heterocycles.